The topological polar surface area (TPSA) is 105 Å². The predicted molar refractivity (Wildman–Crippen MR) is 117 cm³/mol. The molecule has 8 nitrogen and oxygen atoms in total. The molecule has 4 atom stereocenters. The molecule has 0 spiro atoms. The van der Waals surface area contributed by atoms with Crippen molar-refractivity contribution >= 4 is 23.9 Å². The van der Waals surface area contributed by atoms with Crippen molar-refractivity contribution in [2.75, 3.05) is 0 Å². The van der Waals surface area contributed by atoms with Gasteiger partial charge < -0.3 is 18.9 Å². The summed E-state index contributed by atoms with van der Waals surface area (Å²) in [5.41, 5.74) is 0.421. The number of hydrogen-bond acceptors (Lipinski definition) is 8. The second-order valence-corrected chi connectivity index (χ2v) is 7.55. The van der Waals surface area contributed by atoms with E-state index in [1.54, 1.807) is 39.8 Å². The number of benzene rings is 1. The molecular weight excluding hydrogens is 416 g/mol. The minimum absolute atomic E-state index is 0.0124. The molecule has 0 aromatic heterocycles. The summed E-state index contributed by atoms with van der Waals surface area (Å²) in [5, 5.41) is 0. The summed E-state index contributed by atoms with van der Waals surface area (Å²) in [6.07, 6.45) is -3.02. The summed E-state index contributed by atoms with van der Waals surface area (Å²) >= 11 is 0. The number of ether oxygens (including phenoxy) is 4. The molecule has 0 aliphatic carbocycles. The number of carbonyl (C=O) groups excluding carboxylic acids is 4. The molecule has 0 amide bonds. The van der Waals surface area contributed by atoms with Gasteiger partial charge in [0.25, 0.3) is 0 Å². The van der Waals surface area contributed by atoms with E-state index in [2.05, 4.69) is 13.2 Å². The van der Waals surface area contributed by atoms with Gasteiger partial charge in [-0.3, -0.25) is 0 Å². The highest BCUT2D eigenvalue weighted by Crippen LogP contribution is 2.17. The Kier molecular flexibility index (Phi) is 9.84. The summed E-state index contributed by atoms with van der Waals surface area (Å²) < 4.78 is 21.1. The molecule has 0 fully saturated rings. The lowest BCUT2D eigenvalue weighted by molar-refractivity contribution is -0.149. The Balaban J connectivity index is 2.88. The van der Waals surface area contributed by atoms with Gasteiger partial charge >= 0.3 is 23.9 Å². The first-order valence-electron chi connectivity index (χ1n) is 10.1. The Morgan fingerprint density at radius 1 is 0.625 bits per heavy atom. The van der Waals surface area contributed by atoms with Crippen molar-refractivity contribution in [3.8, 4) is 0 Å². The van der Waals surface area contributed by atoms with E-state index in [1.807, 2.05) is 0 Å². The van der Waals surface area contributed by atoms with Crippen LogP contribution in [0.5, 0.6) is 0 Å². The van der Waals surface area contributed by atoms with Crippen molar-refractivity contribution in [2.24, 2.45) is 0 Å². The Morgan fingerprint density at radius 2 is 0.906 bits per heavy atom. The van der Waals surface area contributed by atoms with Crippen LogP contribution < -0.4 is 0 Å². The van der Waals surface area contributed by atoms with Gasteiger partial charge in [-0.15, -0.1) is 0 Å². The van der Waals surface area contributed by atoms with Gasteiger partial charge in [0.05, 0.1) is 11.1 Å². The summed E-state index contributed by atoms with van der Waals surface area (Å²) in [5.74, 6) is -2.75. The Morgan fingerprint density at radius 3 is 1.19 bits per heavy atom. The first kappa shape index (κ1) is 26.6. The smallest absolute Gasteiger partial charge is 0.339 e. The molecule has 0 saturated heterocycles. The van der Waals surface area contributed by atoms with Crippen LogP contribution in [0, 0.1) is 0 Å². The molecule has 32 heavy (non-hydrogen) atoms. The molecule has 0 heterocycles. The molecule has 0 saturated carbocycles. The third kappa shape index (κ3) is 7.68. The fourth-order valence-electron chi connectivity index (χ4n) is 2.23. The molecule has 0 aliphatic rings. The molecule has 4 unspecified atom stereocenters. The third-order valence-corrected chi connectivity index (χ3v) is 4.56. The zero-order chi connectivity index (χ0) is 24.6. The third-order valence-electron chi connectivity index (χ3n) is 4.56. The lowest BCUT2D eigenvalue weighted by Crippen LogP contribution is -2.32. The van der Waals surface area contributed by atoms with Crippen LogP contribution >= 0.6 is 0 Å². The highest BCUT2D eigenvalue weighted by molar-refractivity contribution is 6.03. The van der Waals surface area contributed by atoms with Crippen LogP contribution in [0.2, 0.25) is 0 Å². The first-order valence-corrected chi connectivity index (χ1v) is 10.1. The van der Waals surface area contributed by atoms with Crippen molar-refractivity contribution in [3.05, 3.63) is 59.7 Å². The monoisotopic (exact) mass is 446 g/mol. The molecule has 0 bridgehead atoms. The van der Waals surface area contributed by atoms with E-state index in [4.69, 9.17) is 18.9 Å². The van der Waals surface area contributed by atoms with E-state index in [9.17, 15) is 19.2 Å². The number of carbonyl (C=O) groups is 4. The fraction of sp³-hybridized carbons (Fsp3) is 0.417. The number of hydrogen-bond donors (Lipinski definition) is 0. The van der Waals surface area contributed by atoms with Crippen molar-refractivity contribution < 1.29 is 38.1 Å². The highest BCUT2D eigenvalue weighted by Gasteiger charge is 2.27. The SMILES string of the molecule is C=C(C)C(=O)OC(C)C(C)OC(=O)c1ccccc1C(=O)OC(C)C(C)OC(=O)C(=C)C. The second kappa shape index (κ2) is 11.8. The Labute approximate surface area is 188 Å². The lowest BCUT2D eigenvalue weighted by Gasteiger charge is -2.22. The minimum Gasteiger partial charge on any atom is -0.455 e. The van der Waals surface area contributed by atoms with Gasteiger partial charge in [0, 0.05) is 11.1 Å². The van der Waals surface area contributed by atoms with E-state index >= 15 is 0 Å². The summed E-state index contributed by atoms with van der Waals surface area (Å²) in [6.45, 7) is 16.3. The molecule has 174 valence electrons. The zero-order valence-corrected chi connectivity index (χ0v) is 19.3. The highest BCUT2D eigenvalue weighted by atomic mass is 16.6. The second-order valence-electron chi connectivity index (χ2n) is 7.55. The Hall–Kier alpha value is -3.42. The number of esters is 4. The maximum absolute atomic E-state index is 12.7. The van der Waals surface area contributed by atoms with Gasteiger partial charge in [-0.1, -0.05) is 25.3 Å². The molecule has 1 aromatic carbocycles. The molecule has 0 N–H and O–H groups in total. The maximum atomic E-state index is 12.7. The van der Waals surface area contributed by atoms with Gasteiger partial charge in [0.1, 0.15) is 24.4 Å². The van der Waals surface area contributed by atoms with Crippen LogP contribution in [-0.4, -0.2) is 48.3 Å². The molecule has 8 heteroatoms. The van der Waals surface area contributed by atoms with Gasteiger partial charge in [0.15, 0.2) is 0 Å². The van der Waals surface area contributed by atoms with Gasteiger partial charge in [-0.05, 0) is 53.7 Å². The predicted octanol–water partition coefficient (Wildman–Crippen LogP) is 3.79. The van der Waals surface area contributed by atoms with Crippen LogP contribution in [0.3, 0.4) is 0 Å². The summed E-state index contributed by atoms with van der Waals surface area (Å²) in [6, 6.07) is 5.99. The normalized spacial score (nSPS) is 14.2. The average Bonchev–Trinajstić information content (AvgIpc) is 2.72. The maximum Gasteiger partial charge on any atom is 0.339 e. The van der Waals surface area contributed by atoms with Crippen molar-refractivity contribution in [1.82, 2.24) is 0 Å². The van der Waals surface area contributed by atoms with E-state index in [1.165, 1.54) is 26.0 Å². The average molecular weight is 446 g/mol. The van der Waals surface area contributed by atoms with Crippen LogP contribution in [0.4, 0.5) is 0 Å². The van der Waals surface area contributed by atoms with E-state index in [-0.39, 0.29) is 22.3 Å². The minimum atomic E-state index is -0.782. The molecule has 1 rings (SSSR count). The van der Waals surface area contributed by atoms with Gasteiger partial charge in [-0.2, -0.15) is 0 Å². The molecule has 0 radical (unpaired) electrons. The van der Waals surface area contributed by atoms with Crippen LogP contribution in [0.25, 0.3) is 0 Å². The molecule has 0 aliphatic heterocycles. The van der Waals surface area contributed by atoms with Gasteiger partial charge in [0.2, 0.25) is 0 Å². The fourth-order valence-corrected chi connectivity index (χ4v) is 2.23. The van der Waals surface area contributed by atoms with Crippen molar-refractivity contribution in [2.45, 2.75) is 66.0 Å². The molecule has 1 aromatic rings. The van der Waals surface area contributed by atoms with Crippen LogP contribution in [-0.2, 0) is 28.5 Å². The van der Waals surface area contributed by atoms with E-state index < -0.39 is 48.3 Å². The van der Waals surface area contributed by atoms with Crippen LogP contribution in [0.1, 0.15) is 62.3 Å². The van der Waals surface area contributed by atoms with Crippen molar-refractivity contribution in [3.63, 3.8) is 0 Å². The van der Waals surface area contributed by atoms with Crippen LogP contribution in [0.15, 0.2) is 48.6 Å². The standard InChI is InChI=1S/C24H30O8/c1-13(2)21(25)29-15(5)17(7)31-23(27)19-11-9-10-12-20(19)24(28)32-18(8)16(6)30-22(26)14(3)4/h9-12,15-18H,1,3H2,2,4-8H3. The van der Waals surface area contributed by atoms with E-state index in [0.29, 0.717) is 0 Å². The summed E-state index contributed by atoms with van der Waals surface area (Å²) in [7, 11) is 0. The van der Waals surface area contributed by atoms with Gasteiger partial charge in [-0.25, -0.2) is 19.2 Å². The number of rotatable bonds is 10. The summed E-state index contributed by atoms with van der Waals surface area (Å²) in [4.78, 5) is 48.7. The lowest BCUT2D eigenvalue weighted by atomic mass is 10.1. The quantitative estimate of drug-likeness (QED) is 0.304. The zero-order valence-electron chi connectivity index (χ0n) is 19.3. The first-order chi connectivity index (χ1) is 14.8. The molecular formula is C24H30O8. The van der Waals surface area contributed by atoms with Crippen molar-refractivity contribution in [1.29, 1.82) is 0 Å². The largest absolute Gasteiger partial charge is 0.455 e. The Bertz CT molecular complexity index is 828. The van der Waals surface area contributed by atoms with E-state index in [0.717, 1.165) is 0 Å².